The molecule has 32 heavy (non-hydrogen) atoms. The molecule has 3 N–H and O–H groups in total. The molecule has 0 fully saturated rings. The third kappa shape index (κ3) is 3.95. The molecular formula is C23H21N5O4. The fourth-order valence-corrected chi connectivity index (χ4v) is 3.54. The summed E-state index contributed by atoms with van der Waals surface area (Å²) in [5.41, 5.74) is 7.93. The predicted molar refractivity (Wildman–Crippen MR) is 122 cm³/mol. The molecule has 0 unspecified atom stereocenters. The molecular weight excluding hydrogens is 410 g/mol. The Morgan fingerprint density at radius 3 is 2.56 bits per heavy atom. The van der Waals surface area contributed by atoms with Crippen molar-refractivity contribution in [3.63, 3.8) is 0 Å². The van der Waals surface area contributed by atoms with Gasteiger partial charge in [0.2, 0.25) is 0 Å². The predicted octanol–water partition coefficient (Wildman–Crippen LogP) is 1.84. The van der Waals surface area contributed by atoms with Crippen LogP contribution in [0.3, 0.4) is 0 Å². The summed E-state index contributed by atoms with van der Waals surface area (Å²) in [4.78, 5) is 38.5. The third-order valence-electron chi connectivity index (χ3n) is 5.04. The Balaban J connectivity index is 1.66. The highest BCUT2D eigenvalue weighted by Gasteiger charge is 2.11. The van der Waals surface area contributed by atoms with Gasteiger partial charge in [-0.3, -0.25) is 9.59 Å². The van der Waals surface area contributed by atoms with E-state index in [1.54, 1.807) is 36.4 Å². The lowest BCUT2D eigenvalue weighted by Crippen LogP contribution is -2.32. The molecule has 9 nitrogen and oxygen atoms in total. The number of carbonyl (C=O) groups is 1. The molecule has 0 saturated carbocycles. The number of nitrogens with zero attached hydrogens (tertiary/aromatic N) is 3. The minimum atomic E-state index is -0.606. The van der Waals surface area contributed by atoms with E-state index in [-0.39, 0.29) is 6.61 Å². The van der Waals surface area contributed by atoms with Crippen LogP contribution in [0.15, 0.2) is 69.3 Å². The summed E-state index contributed by atoms with van der Waals surface area (Å²) in [6.07, 6.45) is 1.49. The maximum Gasteiger partial charge on any atom is 0.349 e. The fraction of sp³-hybridized carbons (Fsp3) is 0.130. The van der Waals surface area contributed by atoms with Crippen molar-refractivity contribution in [3.8, 4) is 11.4 Å². The van der Waals surface area contributed by atoms with Crippen molar-refractivity contribution >= 4 is 23.0 Å². The summed E-state index contributed by atoms with van der Waals surface area (Å²) in [5, 5.41) is 4.53. The number of nitrogens with one attached hydrogen (secondary N) is 1. The highest BCUT2D eigenvalue weighted by atomic mass is 16.5. The number of hydrogen-bond acceptors (Lipinski definition) is 5. The number of hydrogen-bond donors (Lipinski definition) is 2. The minimum Gasteiger partial charge on any atom is -0.484 e. The molecule has 0 bridgehead atoms. The van der Waals surface area contributed by atoms with E-state index in [0.717, 1.165) is 27.3 Å². The third-order valence-corrected chi connectivity index (χ3v) is 5.04. The van der Waals surface area contributed by atoms with Gasteiger partial charge in [-0.2, -0.15) is 5.10 Å². The van der Waals surface area contributed by atoms with Crippen molar-refractivity contribution in [2.24, 2.45) is 10.8 Å². The average molecular weight is 431 g/mol. The minimum absolute atomic E-state index is 0.186. The quantitative estimate of drug-likeness (QED) is 0.452. The Hall–Kier alpha value is -4.40. The zero-order valence-corrected chi connectivity index (χ0v) is 17.5. The first-order valence-electron chi connectivity index (χ1n) is 9.84. The number of ether oxygens (including phenoxy) is 1. The van der Waals surface area contributed by atoms with E-state index in [4.69, 9.17) is 10.5 Å². The van der Waals surface area contributed by atoms with Crippen LogP contribution in [0.5, 0.6) is 5.75 Å². The van der Waals surface area contributed by atoms with Crippen molar-refractivity contribution in [2.75, 3.05) is 6.61 Å². The van der Waals surface area contributed by atoms with Gasteiger partial charge in [-0.15, -0.1) is 4.68 Å². The van der Waals surface area contributed by atoms with Gasteiger partial charge in [0.05, 0.1) is 17.1 Å². The number of para-hydroxylation sites is 1. The van der Waals surface area contributed by atoms with Crippen molar-refractivity contribution in [1.29, 1.82) is 0 Å². The monoisotopic (exact) mass is 431 g/mol. The highest BCUT2D eigenvalue weighted by Crippen LogP contribution is 2.22. The van der Waals surface area contributed by atoms with E-state index < -0.39 is 17.2 Å². The molecule has 0 spiro atoms. The molecule has 162 valence electrons. The molecule has 0 aliphatic heterocycles. The Labute approximate surface area is 182 Å². The molecule has 4 aromatic rings. The molecule has 2 aromatic heterocycles. The zero-order chi connectivity index (χ0) is 22.8. The normalized spacial score (nSPS) is 11.3. The molecule has 0 aliphatic rings. The standard InChI is InChI=1S/C23H21N5O4/c1-14-11-16(12-25-28-22(30)19-5-3-4-6-20(19)26-23(28)31)15(2)27(14)17-7-9-18(10-8-17)32-13-21(24)29/h3-12H,13H2,1-2H3,(H2,24,29)(H,26,31). The maximum atomic E-state index is 12.7. The maximum absolute atomic E-state index is 12.7. The van der Waals surface area contributed by atoms with Gasteiger partial charge in [-0.25, -0.2) is 4.79 Å². The number of primary amides is 1. The van der Waals surface area contributed by atoms with Crippen LogP contribution in [0, 0.1) is 13.8 Å². The van der Waals surface area contributed by atoms with Crippen LogP contribution in [0.1, 0.15) is 17.0 Å². The van der Waals surface area contributed by atoms with Crippen molar-refractivity contribution in [3.05, 3.63) is 92.4 Å². The van der Waals surface area contributed by atoms with E-state index in [2.05, 4.69) is 10.1 Å². The fourth-order valence-electron chi connectivity index (χ4n) is 3.54. The average Bonchev–Trinajstić information content (AvgIpc) is 3.05. The summed E-state index contributed by atoms with van der Waals surface area (Å²) in [5.74, 6) is -0.00818. The molecule has 0 aliphatic carbocycles. The SMILES string of the molecule is Cc1cc(C=Nn2c(=O)[nH]c3ccccc3c2=O)c(C)n1-c1ccc(OCC(N)=O)cc1. The first-order chi connectivity index (χ1) is 15.3. The summed E-state index contributed by atoms with van der Waals surface area (Å²) in [7, 11) is 0. The van der Waals surface area contributed by atoms with Gasteiger partial charge >= 0.3 is 5.69 Å². The Kier molecular flexibility index (Phi) is 5.46. The number of fused-ring (bicyclic) bond motifs is 1. The summed E-state index contributed by atoms with van der Waals surface area (Å²) in [6, 6.07) is 15.9. The molecule has 1 amide bonds. The van der Waals surface area contributed by atoms with E-state index in [1.165, 1.54) is 6.21 Å². The number of carbonyl (C=O) groups excluding carboxylic acids is 1. The van der Waals surface area contributed by atoms with E-state index in [9.17, 15) is 14.4 Å². The van der Waals surface area contributed by atoms with Gasteiger partial charge in [0.15, 0.2) is 6.61 Å². The van der Waals surface area contributed by atoms with E-state index in [1.807, 2.05) is 36.6 Å². The number of aromatic amines is 1. The second-order valence-corrected chi connectivity index (χ2v) is 7.25. The number of rotatable bonds is 6. The Morgan fingerprint density at radius 1 is 1.12 bits per heavy atom. The lowest BCUT2D eigenvalue weighted by Gasteiger charge is -2.11. The number of amides is 1. The van der Waals surface area contributed by atoms with E-state index in [0.29, 0.717) is 16.7 Å². The van der Waals surface area contributed by atoms with Gasteiger partial charge in [0, 0.05) is 22.6 Å². The van der Waals surface area contributed by atoms with Crippen LogP contribution >= 0.6 is 0 Å². The lowest BCUT2D eigenvalue weighted by atomic mass is 10.2. The van der Waals surface area contributed by atoms with Crippen LogP contribution in [0.4, 0.5) is 0 Å². The molecule has 2 aromatic carbocycles. The van der Waals surface area contributed by atoms with Crippen LogP contribution in [-0.2, 0) is 4.79 Å². The first-order valence-corrected chi connectivity index (χ1v) is 9.84. The number of nitrogens with two attached hydrogens (primary N) is 1. The van der Waals surface area contributed by atoms with Crippen molar-refractivity contribution < 1.29 is 9.53 Å². The Morgan fingerprint density at radius 2 is 1.84 bits per heavy atom. The van der Waals surface area contributed by atoms with Crippen LogP contribution in [0.25, 0.3) is 16.6 Å². The number of H-pyrrole nitrogens is 1. The first kappa shape index (κ1) is 20.9. The van der Waals surface area contributed by atoms with Crippen LogP contribution in [-0.4, -0.2) is 33.0 Å². The van der Waals surface area contributed by atoms with Gasteiger partial charge in [0.25, 0.3) is 11.5 Å². The molecule has 4 rings (SSSR count). The summed E-state index contributed by atoms with van der Waals surface area (Å²) >= 11 is 0. The largest absolute Gasteiger partial charge is 0.484 e. The molecule has 0 radical (unpaired) electrons. The molecule has 0 atom stereocenters. The molecule has 0 saturated heterocycles. The van der Waals surface area contributed by atoms with Crippen molar-refractivity contribution in [1.82, 2.24) is 14.2 Å². The lowest BCUT2D eigenvalue weighted by molar-refractivity contribution is -0.119. The van der Waals surface area contributed by atoms with Crippen LogP contribution in [0.2, 0.25) is 0 Å². The second kappa shape index (κ2) is 8.38. The van der Waals surface area contributed by atoms with Gasteiger partial charge < -0.3 is 20.0 Å². The summed E-state index contributed by atoms with van der Waals surface area (Å²) < 4.78 is 8.12. The summed E-state index contributed by atoms with van der Waals surface area (Å²) in [6.45, 7) is 3.67. The Bertz CT molecular complexity index is 1460. The number of benzene rings is 2. The van der Waals surface area contributed by atoms with Crippen molar-refractivity contribution in [2.45, 2.75) is 13.8 Å². The zero-order valence-electron chi connectivity index (χ0n) is 17.5. The van der Waals surface area contributed by atoms with Crippen LogP contribution < -0.4 is 21.7 Å². The second-order valence-electron chi connectivity index (χ2n) is 7.25. The molecule has 2 heterocycles. The number of aryl methyl sites for hydroxylation is 1. The smallest absolute Gasteiger partial charge is 0.349 e. The highest BCUT2D eigenvalue weighted by molar-refractivity contribution is 5.82. The molecule has 9 heteroatoms. The topological polar surface area (TPSA) is 124 Å². The van der Waals surface area contributed by atoms with E-state index >= 15 is 0 Å². The van der Waals surface area contributed by atoms with Gasteiger partial charge in [0.1, 0.15) is 5.75 Å². The van der Waals surface area contributed by atoms with Gasteiger partial charge in [-0.1, -0.05) is 12.1 Å². The number of aromatic nitrogens is 3. The van der Waals surface area contributed by atoms with Gasteiger partial charge in [-0.05, 0) is 56.3 Å².